The van der Waals surface area contributed by atoms with E-state index in [0.29, 0.717) is 10.6 Å². The maximum atomic E-state index is 12.9. The van der Waals surface area contributed by atoms with Gasteiger partial charge in [0.15, 0.2) is 5.82 Å². The fourth-order valence-corrected chi connectivity index (χ4v) is 3.92. The van der Waals surface area contributed by atoms with Gasteiger partial charge in [-0.05, 0) is 49.9 Å². The number of benzene rings is 1. The number of carbonyl (C=O) groups excluding carboxylic acids is 1. The Hall–Kier alpha value is -1.88. The summed E-state index contributed by atoms with van der Waals surface area (Å²) in [5, 5.41) is 9.50. The highest BCUT2D eigenvalue weighted by Crippen LogP contribution is 2.33. The third-order valence-corrected chi connectivity index (χ3v) is 5.29. The van der Waals surface area contributed by atoms with E-state index in [4.69, 9.17) is 11.6 Å². The van der Waals surface area contributed by atoms with Crippen molar-refractivity contribution >= 4 is 17.5 Å². The Bertz CT molecular complexity index is 740. The smallest absolute Gasteiger partial charge is 0.254 e. The van der Waals surface area contributed by atoms with Crippen LogP contribution in [0.4, 0.5) is 0 Å². The second kappa shape index (κ2) is 6.55. The van der Waals surface area contributed by atoms with Crippen LogP contribution in [0.5, 0.6) is 0 Å². The van der Waals surface area contributed by atoms with Gasteiger partial charge in [0.1, 0.15) is 5.82 Å². The van der Waals surface area contributed by atoms with E-state index in [-0.39, 0.29) is 11.9 Å². The summed E-state index contributed by atoms with van der Waals surface area (Å²) in [6.07, 6.45) is 6.53. The standard InChI is InChI=1S/C18H21ClN4O/c19-14-9-7-13(8-10-14)18(24)22-12-4-5-15(22)17-21-20-16-6-2-1-3-11-23(16)17/h7-10,15H,1-6,11-12H2/t15-/m0/s1. The maximum absolute atomic E-state index is 12.9. The molecule has 1 saturated heterocycles. The van der Waals surface area contributed by atoms with Crippen molar-refractivity contribution in [3.63, 3.8) is 0 Å². The van der Waals surface area contributed by atoms with Crippen LogP contribution < -0.4 is 0 Å². The largest absolute Gasteiger partial charge is 0.328 e. The first kappa shape index (κ1) is 15.6. The Labute approximate surface area is 146 Å². The highest BCUT2D eigenvalue weighted by molar-refractivity contribution is 6.30. The molecule has 4 rings (SSSR count). The predicted octanol–water partition coefficient (Wildman–Crippen LogP) is 3.64. The van der Waals surface area contributed by atoms with Gasteiger partial charge >= 0.3 is 0 Å². The fraction of sp³-hybridized carbons (Fsp3) is 0.500. The Balaban J connectivity index is 1.62. The minimum Gasteiger partial charge on any atom is -0.328 e. The molecule has 0 N–H and O–H groups in total. The van der Waals surface area contributed by atoms with Crippen molar-refractivity contribution in [2.75, 3.05) is 6.54 Å². The van der Waals surface area contributed by atoms with Crippen LogP contribution in [0.25, 0.3) is 0 Å². The first-order valence-electron chi connectivity index (χ1n) is 8.72. The summed E-state index contributed by atoms with van der Waals surface area (Å²) >= 11 is 5.93. The number of aromatic nitrogens is 3. The molecule has 1 aromatic carbocycles. The second-order valence-electron chi connectivity index (χ2n) is 6.60. The number of likely N-dealkylation sites (tertiary alicyclic amines) is 1. The van der Waals surface area contributed by atoms with Crippen LogP contribution in [-0.2, 0) is 13.0 Å². The molecule has 1 fully saturated rings. The van der Waals surface area contributed by atoms with Crippen LogP contribution in [0.3, 0.4) is 0 Å². The molecule has 6 heteroatoms. The second-order valence-corrected chi connectivity index (χ2v) is 7.04. The number of fused-ring (bicyclic) bond motifs is 1. The van der Waals surface area contributed by atoms with Crippen LogP contribution in [-0.4, -0.2) is 32.1 Å². The fourth-order valence-electron chi connectivity index (χ4n) is 3.79. The number of hydrogen-bond donors (Lipinski definition) is 0. The average molecular weight is 345 g/mol. The first-order chi connectivity index (χ1) is 11.7. The number of carbonyl (C=O) groups is 1. The number of rotatable bonds is 2. The highest BCUT2D eigenvalue weighted by Gasteiger charge is 2.34. The van der Waals surface area contributed by atoms with E-state index in [1.807, 2.05) is 4.90 Å². The molecule has 5 nitrogen and oxygen atoms in total. The van der Waals surface area contributed by atoms with Gasteiger partial charge < -0.3 is 9.47 Å². The van der Waals surface area contributed by atoms with E-state index in [2.05, 4.69) is 14.8 Å². The zero-order chi connectivity index (χ0) is 16.5. The van der Waals surface area contributed by atoms with E-state index in [0.717, 1.165) is 50.4 Å². The van der Waals surface area contributed by atoms with Crippen LogP contribution in [0.2, 0.25) is 5.02 Å². The maximum Gasteiger partial charge on any atom is 0.254 e. The Morgan fingerprint density at radius 1 is 1.04 bits per heavy atom. The van der Waals surface area contributed by atoms with Crippen LogP contribution in [0, 0.1) is 0 Å². The van der Waals surface area contributed by atoms with Crippen molar-refractivity contribution in [2.24, 2.45) is 0 Å². The van der Waals surface area contributed by atoms with Crippen LogP contribution in [0.1, 0.15) is 60.2 Å². The summed E-state index contributed by atoms with van der Waals surface area (Å²) in [4.78, 5) is 14.9. The lowest BCUT2D eigenvalue weighted by Gasteiger charge is -2.24. The summed E-state index contributed by atoms with van der Waals surface area (Å²) in [5.41, 5.74) is 0.682. The van der Waals surface area contributed by atoms with Gasteiger partial charge in [-0.3, -0.25) is 4.79 Å². The lowest BCUT2D eigenvalue weighted by Crippen LogP contribution is -2.32. The molecule has 0 saturated carbocycles. The molecule has 1 amide bonds. The quantitative estimate of drug-likeness (QED) is 0.835. The van der Waals surface area contributed by atoms with E-state index >= 15 is 0 Å². The molecule has 0 spiro atoms. The minimum atomic E-state index is 0.0347. The molecule has 1 atom stereocenters. The molecular formula is C18H21ClN4O. The molecule has 2 aliphatic heterocycles. The molecule has 0 bridgehead atoms. The summed E-state index contributed by atoms with van der Waals surface area (Å²) in [5.74, 6) is 2.10. The lowest BCUT2D eigenvalue weighted by atomic mass is 10.1. The summed E-state index contributed by atoms with van der Waals surface area (Å²) < 4.78 is 2.26. The van der Waals surface area contributed by atoms with Gasteiger partial charge in [-0.15, -0.1) is 10.2 Å². The van der Waals surface area contributed by atoms with Crippen LogP contribution in [0.15, 0.2) is 24.3 Å². The number of hydrogen-bond acceptors (Lipinski definition) is 3. The van der Waals surface area contributed by atoms with E-state index in [1.54, 1.807) is 24.3 Å². The summed E-state index contributed by atoms with van der Waals surface area (Å²) in [6, 6.07) is 7.16. The Morgan fingerprint density at radius 2 is 1.88 bits per heavy atom. The third-order valence-electron chi connectivity index (χ3n) is 5.04. The van der Waals surface area contributed by atoms with E-state index < -0.39 is 0 Å². The van der Waals surface area contributed by atoms with Crippen molar-refractivity contribution in [3.8, 4) is 0 Å². The number of aryl methyl sites for hydroxylation is 1. The molecule has 0 aliphatic carbocycles. The van der Waals surface area contributed by atoms with E-state index in [1.165, 1.54) is 12.8 Å². The van der Waals surface area contributed by atoms with Gasteiger partial charge in [-0.2, -0.15) is 0 Å². The predicted molar refractivity (Wildman–Crippen MR) is 92.0 cm³/mol. The molecule has 24 heavy (non-hydrogen) atoms. The van der Waals surface area contributed by atoms with Gasteiger partial charge in [0, 0.05) is 30.1 Å². The number of nitrogens with zero attached hydrogens (tertiary/aromatic N) is 4. The summed E-state index contributed by atoms with van der Waals surface area (Å²) in [6.45, 7) is 1.74. The topological polar surface area (TPSA) is 51.0 Å². The highest BCUT2D eigenvalue weighted by atomic mass is 35.5. The number of amides is 1. The van der Waals surface area contributed by atoms with Crippen molar-refractivity contribution < 1.29 is 4.79 Å². The van der Waals surface area contributed by atoms with Gasteiger partial charge in [0.25, 0.3) is 5.91 Å². The van der Waals surface area contributed by atoms with Gasteiger partial charge in [-0.1, -0.05) is 18.0 Å². The monoisotopic (exact) mass is 344 g/mol. The van der Waals surface area contributed by atoms with Crippen molar-refractivity contribution in [1.29, 1.82) is 0 Å². The first-order valence-corrected chi connectivity index (χ1v) is 9.10. The van der Waals surface area contributed by atoms with Gasteiger partial charge in [0.05, 0.1) is 6.04 Å². The molecular weight excluding hydrogens is 324 g/mol. The van der Waals surface area contributed by atoms with Crippen LogP contribution >= 0.6 is 11.6 Å². The minimum absolute atomic E-state index is 0.0347. The van der Waals surface area contributed by atoms with E-state index in [9.17, 15) is 4.79 Å². The normalized spacial score (nSPS) is 20.7. The van der Waals surface area contributed by atoms with Crippen molar-refractivity contribution in [2.45, 2.75) is 51.1 Å². The van der Waals surface area contributed by atoms with Crippen molar-refractivity contribution in [1.82, 2.24) is 19.7 Å². The molecule has 126 valence electrons. The Morgan fingerprint density at radius 3 is 2.71 bits per heavy atom. The molecule has 2 aromatic rings. The molecule has 1 aromatic heterocycles. The van der Waals surface area contributed by atoms with Crippen molar-refractivity contribution in [3.05, 3.63) is 46.5 Å². The molecule has 0 unspecified atom stereocenters. The SMILES string of the molecule is O=C(c1ccc(Cl)cc1)N1CCC[C@H]1c1nnc2n1CCCCC2. The summed E-state index contributed by atoms with van der Waals surface area (Å²) in [7, 11) is 0. The average Bonchev–Trinajstić information content (AvgIpc) is 3.16. The Kier molecular flexibility index (Phi) is 4.27. The zero-order valence-electron chi connectivity index (χ0n) is 13.6. The molecule has 3 heterocycles. The molecule has 0 radical (unpaired) electrons. The lowest BCUT2D eigenvalue weighted by molar-refractivity contribution is 0.0727. The molecule has 2 aliphatic rings. The van der Waals surface area contributed by atoms with Gasteiger partial charge in [0.2, 0.25) is 0 Å². The van der Waals surface area contributed by atoms with Gasteiger partial charge in [-0.25, -0.2) is 0 Å². The zero-order valence-corrected chi connectivity index (χ0v) is 14.4. The number of halogens is 1. The third kappa shape index (κ3) is 2.81.